The van der Waals surface area contributed by atoms with E-state index in [1.165, 1.54) is 15.8 Å². The van der Waals surface area contributed by atoms with Crippen LogP contribution in [0.5, 0.6) is 0 Å². The fourth-order valence-electron chi connectivity index (χ4n) is 2.99. The summed E-state index contributed by atoms with van der Waals surface area (Å²) in [5.41, 5.74) is 0.447. The second-order valence-corrected chi connectivity index (χ2v) is 8.38. The lowest BCUT2D eigenvalue weighted by atomic mass is 9.89. The highest BCUT2D eigenvalue weighted by molar-refractivity contribution is 7.18. The predicted molar refractivity (Wildman–Crippen MR) is 90.9 cm³/mol. The lowest BCUT2D eigenvalue weighted by molar-refractivity contribution is -0.155. The van der Waals surface area contributed by atoms with Crippen molar-refractivity contribution in [2.75, 3.05) is 0 Å². The molecule has 0 saturated carbocycles. The number of aromatic nitrogens is 2. The monoisotopic (exact) mass is 334 g/mol. The number of carbonyl (C=O) groups is 1. The zero-order chi connectivity index (χ0) is 16.8. The number of rotatable bonds is 2. The summed E-state index contributed by atoms with van der Waals surface area (Å²) in [5, 5.41) is 0.697. The molecule has 0 saturated heterocycles. The zero-order valence-electron chi connectivity index (χ0n) is 14.0. The van der Waals surface area contributed by atoms with Crippen molar-refractivity contribution in [3.8, 4) is 0 Å². The van der Waals surface area contributed by atoms with E-state index in [0.29, 0.717) is 11.3 Å². The predicted octanol–water partition coefficient (Wildman–Crippen LogP) is 2.92. The van der Waals surface area contributed by atoms with Gasteiger partial charge in [-0.05, 0) is 51.5 Å². The highest BCUT2D eigenvalue weighted by atomic mass is 32.1. The number of hydrogen-bond donors (Lipinski definition) is 0. The molecule has 0 bridgehead atoms. The minimum Gasteiger partial charge on any atom is -0.459 e. The molecular formula is C17H22N2O3S. The van der Waals surface area contributed by atoms with Gasteiger partial charge in [-0.25, -0.2) is 4.98 Å². The molecule has 2 aromatic heterocycles. The van der Waals surface area contributed by atoms with E-state index in [2.05, 4.69) is 11.9 Å². The van der Waals surface area contributed by atoms with Crippen LogP contribution >= 0.6 is 11.3 Å². The van der Waals surface area contributed by atoms with Crippen LogP contribution in [-0.4, -0.2) is 21.1 Å². The normalized spacial score (nSPS) is 18.0. The SMILES string of the molecule is C[C@@H]1CCc2c(sc3ncn(CC(=O)OC(C)(C)C)c(=O)c23)C1. The first-order chi connectivity index (χ1) is 10.7. The van der Waals surface area contributed by atoms with Crippen LogP contribution in [0.4, 0.5) is 0 Å². The number of nitrogens with zero attached hydrogens (tertiary/aromatic N) is 2. The van der Waals surface area contributed by atoms with E-state index in [1.54, 1.807) is 11.3 Å². The lowest BCUT2D eigenvalue weighted by Gasteiger charge is -2.19. The molecule has 3 rings (SSSR count). The van der Waals surface area contributed by atoms with Crippen LogP contribution in [0.1, 0.15) is 44.6 Å². The van der Waals surface area contributed by atoms with Crippen molar-refractivity contribution in [2.45, 2.75) is 59.1 Å². The van der Waals surface area contributed by atoms with E-state index in [4.69, 9.17) is 4.74 Å². The quantitative estimate of drug-likeness (QED) is 0.792. The van der Waals surface area contributed by atoms with Crippen molar-refractivity contribution in [3.05, 3.63) is 27.1 Å². The highest BCUT2D eigenvalue weighted by Gasteiger charge is 2.24. The average Bonchev–Trinajstić information content (AvgIpc) is 2.78. The topological polar surface area (TPSA) is 61.2 Å². The van der Waals surface area contributed by atoms with Gasteiger partial charge in [-0.2, -0.15) is 0 Å². The molecule has 0 fully saturated rings. The van der Waals surface area contributed by atoms with E-state index in [9.17, 15) is 9.59 Å². The molecule has 0 radical (unpaired) electrons. The van der Waals surface area contributed by atoms with Crippen LogP contribution < -0.4 is 5.56 Å². The smallest absolute Gasteiger partial charge is 0.326 e. The molecule has 0 aromatic carbocycles. The minimum atomic E-state index is -0.560. The molecule has 6 heteroatoms. The number of ether oxygens (including phenoxy) is 1. The summed E-state index contributed by atoms with van der Waals surface area (Å²) in [6.45, 7) is 7.57. The first-order valence-electron chi connectivity index (χ1n) is 7.96. The Kier molecular flexibility index (Phi) is 4.04. The van der Waals surface area contributed by atoms with Crippen molar-refractivity contribution in [1.82, 2.24) is 9.55 Å². The Hall–Kier alpha value is -1.69. The molecule has 2 heterocycles. The number of carbonyl (C=O) groups excluding carboxylic acids is 1. The molecule has 0 N–H and O–H groups in total. The van der Waals surface area contributed by atoms with Crippen molar-refractivity contribution < 1.29 is 9.53 Å². The molecule has 0 spiro atoms. The second-order valence-electron chi connectivity index (χ2n) is 7.30. The minimum absolute atomic E-state index is 0.0972. The molecule has 1 aliphatic rings. The molecule has 5 nitrogen and oxygen atoms in total. The van der Waals surface area contributed by atoms with E-state index in [-0.39, 0.29) is 12.1 Å². The summed E-state index contributed by atoms with van der Waals surface area (Å²) in [6.07, 6.45) is 4.49. The number of esters is 1. The van der Waals surface area contributed by atoms with Crippen molar-refractivity contribution in [1.29, 1.82) is 0 Å². The highest BCUT2D eigenvalue weighted by Crippen LogP contribution is 2.35. The van der Waals surface area contributed by atoms with Gasteiger partial charge in [0.05, 0.1) is 11.7 Å². The maximum Gasteiger partial charge on any atom is 0.326 e. The summed E-state index contributed by atoms with van der Waals surface area (Å²) in [7, 11) is 0. The van der Waals surface area contributed by atoms with Gasteiger partial charge in [0.2, 0.25) is 0 Å². The molecule has 1 atom stereocenters. The summed E-state index contributed by atoms with van der Waals surface area (Å²) in [5.74, 6) is 0.234. The summed E-state index contributed by atoms with van der Waals surface area (Å²) in [6, 6.07) is 0. The van der Waals surface area contributed by atoms with Crippen LogP contribution in [0.2, 0.25) is 0 Å². The average molecular weight is 334 g/mol. The van der Waals surface area contributed by atoms with Gasteiger partial charge in [0.15, 0.2) is 0 Å². The Morgan fingerprint density at radius 3 is 2.91 bits per heavy atom. The molecule has 23 heavy (non-hydrogen) atoms. The number of thiophene rings is 1. The molecule has 1 aliphatic carbocycles. The van der Waals surface area contributed by atoms with E-state index in [0.717, 1.165) is 29.7 Å². The van der Waals surface area contributed by atoms with Gasteiger partial charge in [-0.3, -0.25) is 14.2 Å². The Labute approximate surface area is 139 Å². The van der Waals surface area contributed by atoms with Gasteiger partial charge in [-0.1, -0.05) is 6.92 Å². The molecular weight excluding hydrogens is 312 g/mol. The fraction of sp³-hybridized carbons (Fsp3) is 0.588. The van der Waals surface area contributed by atoms with Gasteiger partial charge >= 0.3 is 5.97 Å². The lowest BCUT2D eigenvalue weighted by Crippen LogP contribution is -2.30. The first-order valence-corrected chi connectivity index (χ1v) is 8.78. The zero-order valence-corrected chi connectivity index (χ0v) is 14.8. The van der Waals surface area contributed by atoms with Gasteiger partial charge in [0, 0.05) is 4.88 Å². The maximum absolute atomic E-state index is 12.8. The van der Waals surface area contributed by atoms with Crippen molar-refractivity contribution >= 4 is 27.5 Å². The van der Waals surface area contributed by atoms with E-state index < -0.39 is 11.6 Å². The molecule has 0 unspecified atom stereocenters. The van der Waals surface area contributed by atoms with Crippen molar-refractivity contribution in [3.63, 3.8) is 0 Å². The number of aryl methyl sites for hydroxylation is 1. The van der Waals surface area contributed by atoms with E-state index in [1.807, 2.05) is 20.8 Å². The van der Waals surface area contributed by atoms with E-state index >= 15 is 0 Å². The third kappa shape index (κ3) is 3.32. The number of hydrogen-bond acceptors (Lipinski definition) is 5. The van der Waals surface area contributed by atoms with Gasteiger partial charge < -0.3 is 4.74 Å². The molecule has 124 valence electrons. The van der Waals surface area contributed by atoms with Gasteiger partial charge in [0.25, 0.3) is 5.56 Å². The standard InChI is InChI=1S/C17H22N2O3S/c1-10-5-6-11-12(7-10)23-15-14(11)16(21)19(9-18-15)8-13(20)22-17(2,3)4/h9-10H,5-8H2,1-4H3/t10-/m1/s1. The molecule has 0 amide bonds. The summed E-state index contributed by atoms with van der Waals surface area (Å²) < 4.78 is 6.66. The Morgan fingerprint density at radius 2 is 2.22 bits per heavy atom. The largest absolute Gasteiger partial charge is 0.459 e. The second kappa shape index (κ2) is 5.74. The van der Waals surface area contributed by atoms with Crippen LogP contribution in [0.3, 0.4) is 0 Å². The summed E-state index contributed by atoms with van der Waals surface area (Å²) in [4.78, 5) is 31.2. The van der Waals surface area contributed by atoms with Gasteiger partial charge in [-0.15, -0.1) is 11.3 Å². The molecule has 0 aliphatic heterocycles. The van der Waals surface area contributed by atoms with Crippen LogP contribution in [-0.2, 0) is 28.9 Å². The Bertz CT molecular complexity index is 814. The first kappa shape index (κ1) is 16.2. The fourth-order valence-corrected chi connectivity index (χ4v) is 4.33. The van der Waals surface area contributed by atoms with Crippen molar-refractivity contribution in [2.24, 2.45) is 5.92 Å². The maximum atomic E-state index is 12.8. The van der Waals surface area contributed by atoms with Crippen LogP contribution in [0.25, 0.3) is 10.2 Å². The Morgan fingerprint density at radius 1 is 1.48 bits per heavy atom. The van der Waals surface area contributed by atoms with Crippen LogP contribution in [0.15, 0.2) is 11.1 Å². The Balaban J connectivity index is 1.96. The third-order valence-electron chi connectivity index (χ3n) is 4.00. The third-order valence-corrected chi connectivity index (χ3v) is 5.16. The molecule has 2 aromatic rings. The number of fused-ring (bicyclic) bond motifs is 3. The van der Waals surface area contributed by atoms with Crippen LogP contribution in [0, 0.1) is 5.92 Å². The summed E-state index contributed by atoms with van der Waals surface area (Å²) >= 11 is 1.61. The van der Waals surface area contributed by atoms with Gasteiger partial charge in [0.1, 0.15) is 17.0 Å².